The molecular weight excluding hydrogens is 996 g/mol. The molecule has 0 aromatic carbocycles. The predicted octanol–water partition coefficient (Wildman–Crippen LogP) is 4.92. The van der Waals surface area contributed by atoms with Crippen LogP contribution in [-0.4, -0.2) is 137 Å². The van der Waals surface area contributed by atoms with Crippen LogP contribution in [0.15, 0.2) is 12.4 Å². The monoisotopic (exact) mass is 1090 g/mol. The van der Waals surface area contributed by atoms with E-state index >= 15 is 0 Å². The number of Topliss-reactive ketones (excluding diaryl/α,β-unsaturated/α-hetero) is 2. The van der Waals surface area contributed by atoms with E-state index in [2.05, 4.69) is 34.5 Å². The van der Waals surface area contributed by atoms with E-state index < -0.39 is 23.1 Å². The van der Waals surface area contributed by atoms with Gasteiger partial charge in [0.2, 0.25) is 0 Å². The van der Waals surface area contributed by atoms with Crippen LogP contribution in [0.3, 0.4) is 0 Å². The van der Waals surface area contributed by atoms with Crippen LogP contribution < -0.4 is 18.9 Å². The van der Waals surface area contributed by atoms with E-state index in [1.165, 1.54) is 34.6 Å². The van der Waals surface area contributed by atoms with Crippen LogP contribution >= 0.6 is 0 Å². The van der Waals surface area contributed by atoms with Gasteiger partial charge in [0.15, 0.2) is 23.0 Å². The average Bonchev–Trinajstić information content (AvgIpc) is 4.15. The van der Waals surface area contributed by atoms with Crippen LogP contribution in [0.2, 0.25) is 0 Å². The summed E-state index contributed by atoms with van der Waals surface area (Å²) in [4.78, 5) is 50.0. The van der Waals surface area contributed by atoms with Crippen molar-refractivity contribution in [1.29, 1.82) is 0 Å². The number of hydrogen-bond donors (Lipinski definition) is 4. The second kappa shape index (κ2) is 27.3. The van der Waals surface area contributed by atoms with Gasteiger partial charge in [-0.2, -0.15) is 0 Å². The van der Waals surface area contributed by atoms with Crippen molar-refractivity contribution in [3.63, 3.8) is 0 Å². The summed E-state index contributed by atoms with van der Waals surface area (Å²) in [7, 11) is 3.65. The topological polar surface area (TPSA) is 300 Å². The minimum absolute atomic E-state index is 0. The van der Waals surface area contributed by atoms with Crippen molar-refractivity contribution in [2.45, 2.75) is 196 Å². The number of fused-ring (bicyclic) bond motifs is 10. The summed E-state index contributed by atoms with van der Waals surface area (Å²) in [5, 5.41) is 53.7. The summed E-state index contributed by atoms with van der Waals surface area (Å²) in [5.41, 5.74) is -0.810. The fourth-order valence-electron chi connectivity index (χ4n) is 18.3. The first-order valence-corrected chi connectivity index (χ1v) is 27.9. The Morgan fingerprint density at radius 3 is 1.38 bits per heavy atom. The van der Waals surface area contributed by atoms with Gasteiger partial charge in [-0.3, -0.25) is 9.59 Å². The van der Waals surface area contributed by atoms with E-state index in [1.54, 1.807) is 13.8 Å². The fourth-order valence-corrected chi connectivity index (χ4v) is 18.3. The van der Waals surface area contributed by atoms with Crippen LogP contribution in [0.1, 0.15) is 193 Å². The molecule has 8 aliphatic rings. The molecule has 78 heavy (non-hydrogen) atoms. The molecule has 0 saturated heterocycles. The third-order valence-electron chi connectivity index (χ3n) is 21.3. The van der Waals surface area contributed by atoms with Crippen molar-refractivity contribution in [2.75, 3.05) is 40.6 Å². The molecule has 8 fully saturated rings. The molecular formula is C58H99LiN6O13. The number of aromatic nitrogens is 6. The minimum atomic E-state index is -1.13. The standard InChI is InChI=1S/C28H43N3O5.C26H39N3O5.C2H6O.2CH4.Li.2H2O/c1-5-36-25(33)23-15-31(30-29-23)16-24(32)22-9-8-20-19-7-6-18-14-26(2,34)12-13-28(18,17-35-4)21(19)10-11-27(20,22)3;1-24(33)10-11-26(15-34-3)16(12-24)4-5-17-18-6-7-20(25(18,2)9-8-19(17)26)22(30)14-29-13-21(23(31)32)27-28-29;1-2-3;;;;;/h15,18-22,34H,5-14,16-17H2,1-4H3;13,16-20,33H,4-12,14-15H2,1-3H3,(H,31,32);3H,2H2,1H3;2*1H4;;2*1H2/q;;;;;+1;;/p-1/t18-,19-,20-,21-,22+,26+,27-,28+;16-,17-,18-,19-,20+,24+,25-,26+;;;;;;/m00....../s1. The second-order valence-electron chi connectivity index (χ2n) is 25.3. The number of ether oxygens (including phenoxy) is 3. The molecule has 20 heteroatoms. The van der Waals surface area contributed by atoms with E-state index in [4.69, 9.17) is 24.4 Å². The number of aromatic carboxylic acids is 1. The zero-order valence-corrected chi connectivity index (χ0v) is 47.2. The maximum absolute atomic E-state index is 13.6. The molecule has 2 aromatic rings. The molecule has 0 amide bonds. The first-order chi connectivity index (χ1) is 34.6. The van der Waals surface area contributed by atoms with Crippen molar-refractivity contribution in [1.82, 2.24) is 30.0 Å². The molecule has 0 radical (unpaired) electrons. The van der Waals surface area contributed by atoms with Gasteiger partial charge in [-0.25, -0.2) is 19.0 Å². The quantitative estimate of drug-likeness (QED) is 0.153. The van der Waals surface area contributed by atoms with Gasteiger partial charge in [0.1, 0.15) is 13.1 Å². The Bertz CT molecular complexity index is 2290. The zero-order chi connectivity index (χ0) is 52.7. The number of rotatable bonds is 13. The maximum atomic E-state index is 13.6. The number of methoxy groups -OCH3 is 2. The summed E-state index contributed by atoms with van der Waals surface area (Å²) in [6, 6.07) is 0. The fraction of sp³-hybridized carbons (Fsp3) is 0.862. The van der Waals surface area contributed by atoms with E-state index in [0.717, 1.165) is 116 Å². The van der Waals surface area contributed by atoms with Gasteiger partial charge >= 0.3 is 30.8 Å². The van der Waals surface area contributed by atoms with Crippen molar-refractivity contribution in [3.8, 4) is 0 Å². The Morgan fingerprint density at radius 1 is 0.615 bits per heavy atom. The van der Waals surface area contributed by atoms with Crippen molar-refractivity contribution in [3.05, 3.63) is 23.8 Å². The SMILES string of the molecule is C.C.CCO.CCOC(=O)c1cn(CC(=O)[C@H]2CC[C@H]3[C@@H]4CC[C@H]5C[C@](C)(O)CC[C@]5(COC)[C@H]4CC[C@]23C)nn1.COC[C@]12CC[C@@](C)(O)C[C@@H]1CC[C@H]1[C@@H]3CC[C@H](C(=O)Cn4cc(C(=O)O)nn4)[C@@]3(C)CC[C@@H]12.O.[Li+].[OH-]. The molecule has 10 rings (SSSR count). The summed E-state index contributed by atoms with van der Waals surface area (Å²) in [6.07, 6.45) is 21.5. The first-order valence-electron chi connectivity index (χ1n) is 27.9. The van der Waals surface area contributed by atoms with Crippen molar-refractivity contribution in [2.24, 2.45) is 80.8 Å². The Labute approximate surface area is 476 Å². The maximum Gasteiger partial charge on any atom is 1.00 e. The van der Waals surface area contributed by atoms with Gasteiger partial charge in [-0.15, -0.1) is 10.2 Å². The van der Waals surface area contributed by atoms with Gasteiger partial charge in [0.25, 0.3) is 0 Å². The first kappa shape index (κ1) is 69.1. The molecule has 7 N–H and O–H groups in total. The van der Waals surface area contributed by atoms with Gasteiger partial charge < -0.3 is 45.6 Å². The van der Waals surface area contributed by atoms with E-state index in [1.807, 2.05) is 28.1 Å². The van der Waals surface area contributed by atoms with E-state index in [9.17, 15) is 29.4 Å². The van der Waals surface area contributed by atoms with Gasteiger partial charge in [-0.1, -0.05) is 39.1 Å². The number of esters is 1. The Morgan fingerprint density at radius 2 is 1.01 bits per heavy atom. The zero-order valence-electron chi connectivity index (χ0n) is 47.2. The van der Waals surface area contributed by atoms with Crippen LogP contribution in [-0.2, 0) is 36.9 Å². The van der Waals surface area contributed by atoms with Crippen molar-refractivity contribution >= 4 is 23.5 Å². The Hall–Kier alpha value is -3.12. The van der Waals surface area contributed by atoms with Crippen LogP contribution in [0, 0.1) is 80.8 Å². The number of ketones is 2. The molecule has 8 aliphatic carbocycles. The van der Waals surface area contributed by atoms with Crippen molar-refractivity contribution < 1.29 is 83.6 Å². The Kier molecular flexibility index (Phi) is 24.2. The number of carboxylic acid groups (broad SMARTS) is 1. The van der Waals surface area contributed by atoms with Gasteiger partial charge in [0, 0.05) is 32.7 Å². The predicted molar refractivity (Wildman–Crippen MR) is 289 cm³/mol. The van der Waals surface area contributed by atoms with Crippen LogP contribution in [0.5, 0.6) is 0 Å². The number of aliphatic hydroxyl groups is 3. The van der Waals surface area contributed by atoms with E-state index in [0.29, 0.717) is 47.3 Å². The van der Waals surface area contributed by atoms with Crippen LogP contribution in [0.25, 0.3) is 0 Å². The molecule has 0 spiro atoms. The molecule has 0 aliphatic heterocycles. The number of carbonyl (C=O) groups excluding carboxylic acids is 3. The number of aliphatic hydroxyl groups excluding tert-OH is 1. The van der Waals surface area contributed by atoms with E-state index in [-0.39, 0.29) is 127 Å². The molecule has 16 atom stereocenters. The second-order valence-corrected chi connectivity index (χ2v) is 25.3. The van der Waals surface area contributed by atoms with Gasteiger partial charge in [0.05, 0.1) is 43.4 Å². The number of carbonyl (C=O) groups is 4. The number of nitrogens with zero attached hydrogens (tertiary/aromatic N) is 6. The average molecular weight is 1100 g/mol. The summed E-state index contributed by atoms with van der Waals surface area (Å²) in [5.74, 6) is 3.27. The molecule has 0 unspecified atom stereocenters. The molecule has 0 bridgehead atoms. The molecule has 440 valence electrons. The Balaban J connectivity index is 0.000000369. The van der Waals surface area contributed by atoms with Crippen LogP contribution in [0.4, 0.5) is 0 Å². The summed E-state index contributed by atoms with van der Waals surface area (Å²) in [6.45, 7) is 14.4. The number of carboxylic acids is 1. The minimum Gasteiger partial charge on any atom is -0.870 e. The third-order valence-corrected chi connectivity index (χ3v) is 21.3. The molecule has 19 nitrogen and oxygen atoms in total. The molecule has 2 heterocycles. The normalized spacial score (nSPS) is 38.5. The summed E-state index contributed by atoms with van der Waals surface area (Å²) < 4.78 is 19.6. The summed E-state index contributed by atoms with van der Waals surface area (Å²) >= 11 is 0. The molecule has 8 saturated carbocycles. The molecule has 2 aromatic heterocycles. The van der Waals surface area contributed by atoms with Gasteiger partial charge in [-0.05, 0) is 212 Å². The largest absolute Gasteiger partial charge is 1.00 e. The smallest absolute Gasteiger partial charge is 0.870 e. The number of hydrogen-bond acceptors (Lipinski definition) is 15. The third kappa shape index (κ3) is 13.0.